The molecule has 0 bridgehead atoms. The summed E-state index contributed by atoms with van der Waals surface area (Å²) >= 11 is 12.9. The first-order valence-electron chi connectivity index (χ1n) is 8.32. The Kier molecular flexibility index (Phi) is 5.97. The van der Waals surface area contributed by atoms with Gasteiger partial charge in [0, 0.05) is 12.6 Å². The fourth-order valence-electron chi connectivity index (χ4n) is 2.94. The van der Waals surface area contributed by atoms with Gasteiger partial charge in [-0.15, -0.1) is 11.6 Å². The van der Waals surface area contributed by atoms with Crippen molar-refractivity contribution in [3.63, 3.8) is 0 Å². The number of hydrogen-bond donors (Lipinski definition) is 2. The van der Waals surface area contributed by atoms with E-state index in [-0.39, 0.29) is 16.3 Å². The van der Waals surface area contributed by atoms with Crippen LogP contribution in [0.3, 0.4) is 0 Å². The number of piperidine rings is 1. The van der Waals surface area contributed by atoms with Crippen molar-refractivity contribution >= 4 is 44.6 Å². The Morgan fingerprint density at radius 2 is 1.77 bits per heavy atom. The summed E-state index contributed by atoms with van der Waals surface area (Å²) in [6.45, 7) is 1.73. The van der Waals surface area contributed by atoms with Crippen LogP contribution >= 0.6 is 23.2 Å². The van der Waals surface area contributed by atoms with Crippen molar-refractivity contribution in [2.45, 2.75) is 22.7 Å². The number of benzene rings is 2. The highest BCUT2D eigenvalue weighted by atomic mass is 35.5. The molecule has 2 atom stereocenters. The van der Waals surface area contributed by atoms with Gasteiger partial charge in [0.1, 0.15) is 0 Å². The van der Waals surface area contributed by atoms with Gasteiger partial charge in [0.05, 0.1) is 26.7 Å². The van der Waals surface area contributed by atoms with E-state index in [1.54, 1.807) is 30.3 Å². The van der Waals surface area contributed by atoms with Gasteiger partial charge < -0.3 is 10.2 Å². The molecule has 2 aromatic rings. The summed E-state index contributed by atoms with van der Waals surface area (Å²) in [5, 5.41) is 3.64. The van der Waals surface area contributed by atoms with E-state index in [4.69, 9.17) is 23.2 Å². The van der Waals surface area contributed by atoms with Crippen LogP contribution in [0.2, 0.25) is 5.02 Å². The fraction of sp³-hybridized carbons (Fsp3) is 0.333. The normalized spacial score (nSPS) is 21.3. The predicted molar refractivity (Wildman–Crippen MR) is 108 cm³/mol. The molecular formula is C18H21Cl2N3O2S. The minimum Gasteiger partial charge on any atom is -0.379 e. The van der Waals surface area contributed by atoms with E-state index in [1.807, 2.05) is 13.1 Å². The SMILES string of the molecule is CN1CCC(Nc2cccc(NS(=O)(=O)c3ccccc3)c2Cl)C(Cl)C1. The van der Waals surface area contributed by atoms with Gasteiger partial charge in [0.15, 0.2) is 0 Å². The molecule has 0 spiro atoms. The first-order valence-corrected chi connectivity index (χ1v) is 10.6. The second-order valence-electron chi connectivity index (χ2n) is 6.40. The van der Waals surface area contributed by atoms with E-state index >= 15 is 0 Å². The van der Waals surface area contributed by atoms with Crippen LogP contribution in [0.1, 0.15) is 6.42 Å². The van der Waals surface area contributed by atoms with Gasteiger partial charge in [0.25, 0.3) is 10.0 Å². The van der Waals surface area contributed by atoms with Crippen molar-refractivity contribution in [3.05, 3.63) is 53.6 Å². The molecule has 1 fully saturated rings. The van der Waals surface area contributed by atoms with Crippen molar-refractivity contribution < 1.29 is 8.42 Å². The number of nitrogens with zero attached hydrogens (tertiary/aromatic N) is 1. The van der Waals surface area contributed by atoms with Crippen molar-refractivity contribution in [1.29, 1.82) is 0 Å². The number of likely N-dealkylation sites (tertiary alicyclic amines) is 1. The highest BCUT2D eigenvalue weighted by Crippen LogP contribution is 2.33. The molecule has 2 unspecified atom stereocenters. The molecule has 0 radical (unpaired) electrons. The number of sulfonamides is 1. The lowest BCUT2D eigenvalue weighted by Gasteiger charge is -2.34. The molecule has 0 saturated carbocycles. The third-order valence-electron chi connectivity index (χ3n) is 4.38. The Hall–Kier alpha value is -1.47. The highest BCUT2D eigenvalue weighted by Gasteiger charge is 2.26. The van der Waals surface area contributed by atoms with E-state index in [9.17, 15) is 8.42 Å². The topological polar surface area (TPSA) is 61.4 Å². The van der Waals surface area contributed by atoms with E-state index in [1.165, 1.54) is 12.1 Å². The summed E-state index contributed by atoms with van der Waals surface area (Å²) < 4.78 is 27.6. The van der Waals surface area contributed by atoms with Gasteiger partial charge in [-0.1, -0.05) is 35.9 Å². The largest absolute Gasteiger partial charge is 0.379 e. The lowest BCUT2D eigenvalue weighted by molar-refractivity contribution is 0.268. The van der Waals surface area contributed by atoms with Crippen molar-refractivity contribution in [2.75, 3.05) is 30.2 Å². The molecule has 8 heteroatoms. The predicted octanol–water partition coefficient (Wildman–Crippen LogP) is 3.86. The number of halogens is 2. The third-order valence-corrected chi connectivity index (χ3v) is 6.61. The summed E-state index contributed by atoms with van der Waals surface area (Å²) in [6, 6.07) is 13.5. The number of anilines is 2. The first kappa shape index (κ1) is 19.3. The van der Waals surface area contributed by atoms with Crippen LogP contribution in [0.4, 0.5) is 11.4 Å². The molecule has 1 saturated heterocycles. The Labute approximate surface area is 164 Å². The van der Waals surface area contributed by atoms with E-state index in [0.717, 1.165) is 19.5 Å². The van der Waals surface area contributed by atoms with Crippen LogP contribution in [0, 0.1) is 0 Å². The Bertz CT molecular complexity index is 862. The average Bonchev–Trinajstić information content (AvgIpc) is 2.61. The summed E-state index contributed by atoms with van der Waals surface area (Å²) in [4.78, 5) is 2.37. The zero-order chi connectivity index (χ0) is 18.7. The summed E-state index contributed by atoms with van der Waals surface area (Å²) in [5.41, 5.74) is 1.000. The molecule has 2 aromatic carbocycles. The molecule has 2 N–H and O–H groups in total. The summed E-state index contributed by atoms with van der Waals surface area (Å²) in [5.74, 6) is 0. The maximum absolute atomic E-state index is 12.5. The zero-order valence-corrected chi connectivity index (χ0v) is 16.7. The molecule has 0 aromatic heterocycles. The van der Waals surface area contributed by atoms with E-state index in [2.05, 4.69) is 14.9 Å². The second kappa shape index (κ2) is 8.05. The van der Waals surface area contributed by atoms with Crippen LogP contribution in [-0.4, -0.2) is 44.9 Å². The van der Waals surface area contributed by atoms with Crippen LogP contribution in [-0.2, 0) is 10.0 Å². The van der Waals surface area contributed by atoms with Crippen LogP contribution < -0.4 is 10.0 Å². The first-order chi connectivity index (χ1) is 12.4. The lowest BCUT2D eigenvalue weighted by atomic mass is 10.0. The Morgan fingerprint density at radius 3 is 2.46 bits per heavy atom. The minimum atomic E-state index is -3.70. The van der Waals surface area contributed by atoms with Gasteiger partial charge >= 0.3 is 0 Å². The fourth-order valence-corrected chi connectivity index (χ4v) is 4.75. The van der Waals surface area contributed by atoms with E-state index < -0.39 is 10.0 Å². The van der Waals surface area contributed by atoms with Gasteiger partial charge in [-0.25, -0.2) is 8.42 Å². The second-order valence-corrected chi connectivity index (χ2v) is 9.02. The zero-order valence-electron chi connectivity index (χ0n) is 14.3. The number of alkyl halides is 1. The van der Waals surface area contributed by atoms with Gasteiger partial charge in [0.2, 0.25) is 0 Å². The Morgan fingerprint density at radius 1 is 1.08 bits per heavy atom. The van der Waals surface area contributed by atoms with Crippen LogP contribution in [0.15, 0.2) is 53.4 Å². The highest BCUT2D eigenvalue weighted by molar-refractivity contribution is 7.92. The number of nitrogens with one attached hydrogen (secondary N) is 2. The van der Waals surface area contributed by atoms with Crippen LogP contribution in [0.5, 0.6) is 0 Å². The molecule has 1 aliphatic heterocycles. The van der Waals surface area contributed by atoms with Gasteiger partial charge in [-0.2, -0.15) is 0 Å². The molecular weight excluding hydrogens is 393 g/mol. The molecule has 0 aliphatic carbocycles. The van der Waals surface area contributed by atoms with Crippen molar-refractivity contribution in [1.82, 2.24) is 4.90 Å². The minimum absolute atomic E-state index is 0.0468. The van der Waals surface area contributed by atoms with Crippen molar-refractivity contribution in [2.24, 2.45) is 0 Å². The lowest BCUT2D eigenvalue weighted by Crippen LogP contribution is -2.45. The Balaban J connectivity index is 1.79. The maximum Gasteiger partial charge on any atom is 0.261 e. The van der Waals surface area contributed by atoms with Crippen LogP contribution in [0.25, 0.3) is 0 Å². The van der Waals surface area contributed by atoms with Crippen molar-refractivity contribution in [3.8, 4) is 0 Å². The molecule has 1 heterocycles. The smallest absolute Gasteiger partial charge is 0.261 e. The van der Waals surface area contributed by atoms with E-state index in [0.29, 0.717) is 16.4 Å². The molecule has 3 rings (SSSR count). The molecule has 140 valence electrons. The summed E-state index contributed by atoms with van der Waals surface area (Å²) in [6.07, 6.45) is 0.890. The molecule has 5 nitrogen and oxygen atoms in total. The number of hydrogen-bond acceptors (Lipinski definition) is 4. The molecule has 26 heavy (non-hydrogen) atoms. The molecule has 1 aliphatic rings. The van der Waals surface area contributed by atoms with Gasteiger partial charge in [-0.3, -0.25) is 4.72 Å². The number of rotatable bonds is 5. The quantitative estimate of drug-likeness (QED) is 0.730. The molecule has 0 amide bonds. The third kappa shape index (κ3) is 4.43. The van der Waals surface area contributed by atoms with Gasteiger partial charge in [-0.05, 0) is 44.3 Å². The summed E-state index contributed by atoms with van der Waals surface area (Å²) in [7, 11) is -1.66. The standard InChI is InChI=1S/C18H21Cl2N3O2S/c1-23-11-10-15(14(19)12-23)21-16-8-5-9-17(18(16)20)22-26(24,25)13-6-3-2-4-7-13/h2-9,14-15,21-22H,10-12H2,1H3. The maximum atomic E-state index is 12.5. The average molecular weight is 414 g/mol. The monoisotopic (exact) mass is 413 g/mol.